The zero-order valence-corrected chi connectivity index (χ0v) is 10.3. The van der Waals surface area contributed by atoms with Crippen LogP contribution in [-0.2, 0) is 6.61 Å². The number of hydrogen-bond donors (Lipinski definition) is 0. The Morgan fingerprint density at radius 3 is 2.42 bits per heavy atom. The predicted molar refractivity (Wildman–Crippen MR) is 67.1 cm³/mol. The van der Waals surface area contributed by atoms with E-state index in [0.29, 0.717) is 0 Å². The number of benzene rings is 2. The number of ketones is 1. The van der Waals surface area contributed by atoms with Crippen LogP contribution in [0.2, 0.25) is 0 Å². The number of halogens is 2. The highest BCUT2D eigenvalue weighted by molar-refractivity contribution is 5.94. The molecule has 0 radical (unpaired) electrons. The summed E-state index contributed by atoms with van der Waals surface area (Å²) in [4.78, 5) is 11.1. The van der Waals surface area contributed by atoms with Gasteiger partial charge >= 0.3 is 0 Å². The van der Waals surface area contributed by atoms with Crippen LogP contribution in [-0.4, -0.2) is 5.78 Å². The summed E-state index contributed by atoms with van der Waals surface area (Å²) in [5.41, 5.74) is 0.572. The van der Waals surface area contributed by atoms with Crippen LogP contribution in [0, 0.1) is 11.6 Å². The molecule has 2 aromatic carbocycles. The van der Waals surface area contributed by atoms with E-state index in [0.717, 1.165) is 17.7 Å². The Morgan fingerprint density at radius 1 is 1.11 bits per heavy atom. The molecule has 0 amide bonds. The van der Waals surface area contributed by atoms with Crippen LogP contribution in [0.1, 0.15) is 22.8 Å². The maximum absolute atomic E-state index is 13.6. The van der Waals surface area contributed by atoms with Gasteiger partial charge in [-0.2, -0.15) is 0 Å². The Kier molecular flexibility index (Phi) is 3.90. The highest BCUT2D eigenvalue weighted by atomic mass is 19.1. The lowest BCUT2D eigenvalue weighted by Gasteiger charge is -2.09. The molecule has 4 heteroatoms. The van der Waals surface area contributed by atoms with Gasteiger partial charge in [0.05, 0.1) is 5.56 Å². The molecule has 19 heavy (non-hydrogen) atoms. The molecule has 0 aliphatic rings. The topological polar surface area (TPSA) is 26.3 Å². The van der Waals surface area contributed by atoms with Crippen molar-refractivity contribution < 1.29 is 18.3 Å². The fourth-order valence-corrected chi connectivity index (χ4v) is 1.64. The molecule has 98 valence electrons. The molecule has 0 aromatic heterocycles. The van der Waals surface area contributed by atoms with Crippen molar-refractivity contribution in [3.63, 3.8) is 0 Å². The standard InChI is InChI=1S/C15H12F2O2/c1-10(18)12-7-14(17)15(8-13(12)16)19-9-11-5-3-2-4-6-11/h2-8H,9H2,1H3. The molecule has 0 heterocycles. The summed E-state index contributed by atoms with van der Waals surface area (Å²) in [6, 6.07) is 10.9. The van der Waals surface area contributed by atoms with Crippen LogP contribution in [0.3, 0.4) is 0 Å². The van der Waals surface area contributed by atoms with E-state index in [1.54, 1.807) is 0 Å². The van der Waals surface area contributed by atoms with Crippen LogP contribution < -0.4 is 4.74 Å². The van der Waals surface area contributed by atoms with Gasteiger partial charge in [-0.15, -0.1) is 0 Å². The van der Waals surface area contributed by atoms with E-state index in [1.807, 2.05) is 30.3 Å². The van der Waals surface area contributed by atoms with Crippen molar-refractivity contribution in [1.82, 2.24) is 0 Å². The third-order valence-corrected chi connectivity index (χ3v) is 2.64. The second-order valence-electron chi connectivity index (χ2n) is 4.09. The van der Waals surface area contributed by atoms with Crippen molar-refractivity contribution in [3.05, 3.63) is 65.2 Å². The van der Waals surface area contributed by atoms with Gasteiger partial charge in [0, 0.05) is 6.07 Å². The van der Waals surface area contributed by atoms with Gasteiger partial charge in [0.15, 0.2) is 17.3 Å². The molecule has 0 bridgehead atoms. The van der Waals surface area contributed by atoms with Gasteiger partial charge in [0.2, 0.25) is 0 Å². The van der Waals surface area contributed by atoms with E-state index >= 15 is 0 Å². The summed E-state index contributed by atoms with van der Waals surface area (Å²) < 4.78 is 32.4. The van der Waals surface area contributed by atoms with E-state index in [9.17, 15) is 13.6 Å². The van der Waals surface area contributed by atoms with Crippen LogP contribution in [0.15, 0.2) is 42.5 Å². The van der Waals surface area contributed by atoms with E-state index in [-0.39, 0.29) is 17.9 Å². The molecular weight excluding hydrogens is 250 g/mol. The van der Waals surface area contributed by atoms with Crippen molar-refractivity contribution in [3.8, 4) is 5.75 Å². The average Bonchev–Trinajstić information content (AvgIpc) is 2.40. The van der Waals surface area contributed by atoms with E-state index in [1.165, 1.54) is 6.92 Å². The predicted octanol–water partition coefficient (Wildman–Crippen LogP) is 3.75. The normalized spacial score (nSPS) is 10.3. The minimum absolute atomic E-state index is 0.136. The lowest BCUT2D eigenvalue weighted by Crippen LogP contribution is -2.02. The molecule has 2 aromatic rings. The highest BCUT2D eigenvalue weighted by Gasteiger charge is 2.14. The SMILES string of the molecule is CC(=O)c1cc(F)c(OCc2ccccc2)cc1F. The molecule has 0 saturated heterocycles. The maximum atomic E-state index is 13.6. The molecule has 0 spiro atoms. The molecule has 0 atom stereocenters. The summed E-state index contributed by atoms with van der Waals surface area (Å²) in [5.74, 6) is -2.25. The van der Waals surface area contributed by atoms with Gasteiger partial charge in [0.1, 0.15) is 12.4 Å². The van der Waals surface area contributed by atoms with Gasteiger partial charge in [-0.05, 0) is 18.6 Å². The Hall–Kier alpha value is -2.23. The molecule has 0 fully saturated rings. The summed E-state index contributed by atoms with van der Waals surface area (Å²) in [7, 11) is 0. The average molecular weight is 262 g/mol. The van der Waals surface area contributed by atoms with Gasteiger partial charge in [-0.25, -0.2) is 8.78 Å². The Balaban J connectivity index is 2.17. The first-order valence-corrected chi connectivity index (χ1v) is 5.74. The fraction of sp³-hybridized carbons (Fsp3) is 0.133. The first-order chi connectivity index (χ1) is 9.08. The number of carbonyl (C=O) groups excluding carboxylic acids is 1. The zero-order valence-electron chi connectivity index (χ0n) is 10.3. The number of Topliss-reactive ketones (excluding diaryl/α,β-unsaturated/α-hetero) is 1. The number of hydrogen-bond acceptors (Lipinski definition) is 2. The maximum Gasteiger partial charge on any atom is 0.166 e. The molecule has 2 nitrogen and oxygen atoms in total. The van der Waals surface area contributed by atoms with E-state index in [2.05, 4.69) is 0 Å². The molecular formula is C15H12F2O2. The summed E-state index contributed by atoms with van der Waals surface area (Å²) in [5, 5.41) is 0. The van der Waals surface area contributed by atoms with Crippen molar-refractivity contribution in [1.29, 1.82) is 0 Å². The monoisotopic (exact) mass is 262 g/mol. The van der Waals surface area contributed by atoms with Crippen molar-refractivity contribution >= 4 is 5.78 Å². The lowest BCUT2D eigenvalue weighted by molar-refractivity contribution is 0.101. The second kappa shape index (κ2) is 5.61. The minimum Gasteiger partial charge on any atom is -0.486 e. The number of rotatable bonds is 4. The molecule has 0 aliphatic carbocycles. The zero-order chi connectivity index (χ0) is 13.8. The van der Waals surface area contributed by atoms with Crippen LogP contribution >= 0.6 is 0 Å². The molecule has 0 unspecified atom stereocenters. The molecule has 2 rings (SSSR count). The van der Waals surface area contributed by atoms with Crippen LogP contribution in [0.4, 0.5) is 8.78 Å². The van der Waals surface area contributed by atoms with Gasteiger partial charge in [-0.3, -0.25) is 4.79 Å². The molecule has 0 aliphatic heterocycles. The number of carbonyl (C=O) groups is 1. The lowest BCUT2D eigenvalue weighted by atomic mass is 10.1. The number of ether oxygens (including phenoxy) is 1. The van der Waals surface area contributed by atoms with Crippen LogP contribution in [0.25, 0.3) is 0 Å². The van der Waals surface area contributed by atoms with Crippen molar-refractivity contribution in [2.45, 2.75) is 13.5 Å². The van der Waals surface area contributed by atoms with Gasteiger partial charge in [0.25, 0.3) is 0 Å². The summed E-state index contributed by atoms with van der Waals surface area (Å²) in [6.45, 7) is 1.32. The second-order valence-corrected chi connectivity index (χ2v) is 4.09. The third kappa shape index (κ3) is 3.16. The summed E-state index contributed by atoms with van der Waals surface area (Å²) in [6.07, 6.45) is 0. The van der Waals surface area contributed by atoms with Gasteiger partial charge in [-0.1, -0.05) is 30.3 Å². The molecule has 0 saturated carbocycles. The largest absolute Gasteiger partial charge is 0.486 e. The van der Waals surface area contributed by atoms with E-state index in [4.69, 9.17) is 4.74 Å². The third-order valence-electron chi connectivity index (χ3n) is 2.64. The first-order valence-electron chi connectivity index (χ1n) is 5.74. The minimum atomic E-state index is -0.781. The molecule has 0 N–H and O–H groups in total. The summed E-state index contributed by atoms with van der Waals surface area (Å²) >= 11 is 0. The Labute approximate surface area is 109 Å². The smallest absolute Gasteiger partial charge is 0.166 e. The van der Waals surface area contributed by atoms with Gasteiger partial charge < -0.3 is 4.74 Å². The Bertz CT molecular complexity index is 595. The first kappa shape index (κ1) is 13.2. The fourth-order valence-electron chi connectivity index (χ4n) is 1.64. The van der Waals surface area contributed by atoms with Crippen molar-refractivity contribution in [2.24, 2.45) is 0 Å². The highest BCUT2D eigenvalue weighted by Crippen LogP contribution is 2.23. The van der Waals surface area contributed by atoms with E-state index < -0.39 is 17.4 Å². The Morgan fingerprint density at radius 2 is 1.79 bits per heavy atom. The quantitative estimate of drug-likeness (QED) is 0.784. The van der Waals surface area contributed by atoms with Crippen molar-refractivity contribution in [2.75, 3.05) is 0 Å². The van der Waals surface area contributed by atoms with Crippen LogP contribution in [0.5, 0.6) is 5.75 Å².